The van der Waals surface area contributed by atoms with Gasteiger partial charge in [-0.1, -0.05) is 11.6 Å². The van der Waals surface area contributed by atoms with E-state index < -0.39 is 17.8 Å². The Morgan fingerprint density at radius 2 is 2.08 bits per heavy atom. The van der Waals surface area contributed by atoms with Gasteiger partial charge < -0.3 is 4.90 Å². The SMILES string of the molecule is CCn1ncc(Cl)c1CN(C)C(=O)c1nn(C)c(C(F)(F)F)c1Br. The maximum atomic E-state index is 13.0. The molecule has 0 N–H and O–H groups in total. The van der Waals surface area contributed by atoms with Gasteiger partial charge in [0, 0.05) is 20.6 Å². The molecule has 24 heavy (non-hydrogen) atoms. The molecule has 2 aromatic heterocycles. The van der Waals surface area contributed by atoms with E-state index in [2.05, 4.69) is 26.1 Å². The fourth-order valence-electron chi connectivity index (χ4n) is 2.24. The molecule has 0 bridgehead atoms. The maximum absolute atomic E-state index is 13.0. The Morgan fingerprint density at radius 1 is 1.46 bits per heavy atom. The topological polar surface area (TPSA) is 56.0 Å². The van der Waals surface area contributed by atoms with Crippen LogP contribution in [0.2, 0.25) is 5.02 Å². The highest BCUT2D eigenvalue weighted by atomic mass is 79.9. The Hall–Kier alpha value is -1.55. The van der Waals surface area contributed by atoms with E-state index in [1.807, 2.05) is 6.92 Å². The molecule has 0 saturated heterocycles. The largest absolute Gasteiger partial charge is 0.434 e. The molecule has 0 saturated carbocycles. The molecule has 1 amide bonds. The smallest absolute Gasteiger partial charge is 0.334 e. The maximum Gasteiger partial charge on any atom is 0.434 e. The molecule has 0 aromatic carbocycles. The number of aromatic nitrogens is 4. The minimum atomic E-state index is -4.62. The minimum absolute atomic E-state index is 0.0931. The lowest BCUT2D eigenvalue weighted by Gasteiger charge is -2.17. The molecule has 6 nitrogen and oxygen atoms in total. The first-order valence-electron chi connectivity index (χ1n) is 6.83. The highest BCUT2D eigenvalue weighted by Gasteiger charge is 2.40. The predicted octanol–water partition coefficient (Wildman–Crippen LogP) is 3.34. The minimum Gasteiger partial charge on any atom is -0.334 e. The van der Waals surface area contributed by atoms with Crippen molar-refractivity contribution in [2.45, 2.75) is 26.2 Å². The van der Waals surface area contributed by atoms with Crippen LogP contribution in [-0.2, 0) is 26.3 Å². The van der Waals surface area contributed by atoms with Gasteiger partial charge in [-0.2, -0.15) is 23.4 Å². The number of aryl methyl sites for hydroxylation is 2. The first kappa shape index (κ1) is 18.8. The van der Waals surface area contributed by atoms with E-state index in [0.29, 0.717) is 21.9 Å². The molecule has 0 spiro atoms. The first-order chi connectivity index (χ1) is 11.1. The second-order valence-electron chi connectivity index (χ2n) is 5.05. The van der Waals surface area contributed by atoms with Gasteiger partial charge in [-0.3, -0.25) is 14.2 Å². The van der Waals surface area contributed by atoms with Gasteiger partial charge in [-0.05, 0) is 22.9 Å². The van der Waals surface area contributed by atoms with Gasteiger partial charge in [0.05, 0.1) is 27.9 Å². The molecule has 0 radical (unpaired) electrons. The number of rotatable bonds is 4. The molecule has 2 heterocycles. The zero-order valence-electron chi connectivity index (χ0n) is 13.0. The van der Waals surface area contributed by atoms with Crippen molar-refractivity contribution in [3.63, 3.8) is 0 Å². The van der Waals surface area contributed by atoms with Gasteiger partial charge in [-0.25, -0.2) is 0 Å². The lowest BCUT2D eigenvalue weighted by Crippen LogP contribution is -2.28. The van der Waals surface area contributed by atoms with Crippen molar-refractivity contribution >= 4 is 33.4 Å². The van der Waals surface area contributed by atoms with Gasteiger partial charge in [0.1, 0.15) is 0 Å². The number of alkyl halides is 3. The molecular formula is C13H14BrClF3N5O. The van der Waals surface area contributed by atoms with Crippen LogP contribution in [0.15, 0.2) is 10.7 Å². The Kier molecular flexibility index (Phi) is 5.28. The average molecular weight is 429 g/mol. The summed E-state index contributed by atoms with van der Waals surface area (Å²) in [4.78, 5) is 13.7. The Labute approximate surface area is 149 Å². The Bertz CT molecular complexity index is 770. The van der Waals surface area contributed by atoms with E-state index in [1.54, 1.807) is 4.68 Å². The van der Waals surface area contributed by atoms with E-state index in [0.717, 1.165) is 7.05 Å². The number of carbonyl (C=O) groups is 1. The third-order valence-corrected chi connectivity index (χ3v) is 4.46. The van der Waals surface area contributed by atoms with Gasteiger partial charge in [-0.15, -0.1) is 0 Å². The number of hydrogen-bond donors (Lipinski definition) is 0. The van der Waals surface area contributed by atoms with Crippen LogP contribution in [0.3, 0.4) is 0 Å². The van der Waals surface area contributed by atoms with Crippen LogP contribution >= 0.6 is 27.5 Å². The van der Waals surface area contributed by atoms with E-state index in [9.17, 15) is 18.0 Å². The van der Waals surface area contributed by atoms with Crippen LogP contribution in [-0.4, -0.2) is 37.4 Å². The molecule has 2 aromatic rings. The summed E-state index contributed by atoms with van der Waals surface area (Å²) in [5.41, 5.74) is -0.736. The zero-order valence-corrected chi connectivity index (χ0v) is 15.4. The summed E-state index contributed by atoms with van der Waals surface area (Å²) in [5, 5.41) is 8.13. The van der Waals surface area contributed by atoms with E-state index in [4.69, 9.17) is 11.6 Å². The summed E-state index contributed by atoms with van der Waals surface area (Å²) < 4.78 is 40.9. The molecule has 0 fully saturated rings. The van der Waals surface area contributed by atoms with Crippen molar-refractivity contribution in [3.05, 3.63) is 32.8 Å². The number of carbonyl (C=O) groups excluding carboxylic acids is 1. The molecule has 0 atom stereocenters. The number of amides is 1. The van der Waals surface area contributed by atoms with Crippen molar-refractivity contribution in [3.8, 4) is 0 Å². The Morgan fingerprint density at radius 3 is 2.58 bits per heavy atom. The third-order valence-electron chi connectivity index (χ3n) is 3.39. The van der Waals surface area contributed by atoms with Crippen LogP contribution < -0.4 is 0 Å². The van der Waals surface area contributed by atoms with Gasteiger partial charge in [0.25, 0.3) is 5.91 Å². The van der Waals surface area contributed by atoms with Crippen molar-refractivity contribution in [1.29, 1.82) is 0 Å². The van der Waals surface area contributed by atoms with E-state index >= 15 is 0 Å². The monoisotopic (exact) mass is 427 g/mol. The summed E-state index contributed by atoms with van der Waals surface area (Å²) in [6, 6.07) is 0. The summed E-state index contributed by atoms with van der Waals surface area (Å²) in [7, 11) is 2.59. The highest BCUT2D eigenvalue weighted by molar-refractivity contribution is 9.10. The third kappa shape index (κ3) is 3.44. The van der Waals surface area contributed by atoms with Crippen molar-refractivity contribution in [1.82, 2.24) is 24.5 Å². The zero-order chi connectivity index (χ0) is 18.2. The van der Waals surface area contributed by atoms with Gasteiger partial charge in [0.2, 0.25) is 0 Å². The van der Waals surface area contributed by atoms with Crippen molar-refractivity contribution < 1.29 is 18.0 Å². The van der Waals surface area contributed by atoms with Crippen LogP contribution in [0.4, 0.5) is 13.2 Å². The van der Waals surface area contributed by atoms with E-state index in [-0.39, 0.29) is 16.7 Å². The number of halogens is 5. The summed E-state index contributed by atoms with van der Waals surface area (Å²) in [6.45, 7) is 2.51. The Balaban J connectivity index is 2.31. The molecule has 11 heteroatoms. The van der Waals surface area contributed by atoms with Crippen LogP contribution in [0.5, 0.6) is 0 Å². The average Bonchev–Trinajstić information content (AvgIpc) is 2.98. The summed E-state index contributed by atoms with van der Waals surface area (Å²) in [6.07, 6.45) is -3.17. The van der Waals surface area contributed by atoms with Crippen LogP contribution in [0.25, 0.3) is 0 Å². The molecule has 0 aliphatic rings. The van der Waals surface area contributed by atoms with Crippen LogP contribution in [0.1, 0.15) is 28.8 Å². The molecule has 0 unspecified atom stereocenters. The van der Waals surface area contributed by atoms with Gasteiger partial charge >= 0.3 is 6.18 Å². The lowest BCUT2D eigenvalue weighted by molar-refractivity contribution is -0.144. The first-order valence-corrected chi connectivity index (χ1v) is 8.00. The highest BCUT2D eigenvalue weighted by Crippen LogP contribution is 2.36. The number of hydrogen-bond acceptors (Lipinski definition) is 3. The fourth-order valence-corrected chi connectivity index (χ4v) is 3.17. The molecular weight excluding hydrogens is 415 g/mol. The van der Waals surface area contributed by atoms with Gasteiger partial charge in [0.15, 0.2) is 11.4 Å². The van der Waals surface area contributed by atoms with Crippen LogP contribution in [0, 0.1) is 0 Å². The summed E-state index contributed by atoms with van der Waals surface area (Å²) >= 11 is 8.87. The quantitative estimate of drug-likeness (QED) is 0.750. The summed E-state index contributed by atoms with van der Waals surface area (Å²) in [5.74, 6) is -0.659. The normalized spacial score (nSPS) is 11.8. The molecule has 0 aliphatic carbocycles. The molecule has 2 rings (SSSR count). The molecule has 0 aliphatic heterocycles. The fraction of sp³-hybridized carbons (Fsp3) is 0.462. The van der Waals surface area contributed by atoms with Crippen molar-refractivity contribution in [2.75, 3.05) is 7.05 Å². The second-order valence-corrected chi connectivity index (χ2v) is 6.25. The predicted molar refractivity (Wildman–Crippen MR) is 84.6 cm³/mol. The van der Waals surface area contributed by atoms with E-state index in [1.165, 1.54) is 18.1 Å². The lowest BCUT2D eigenvalue weighted by atomic mass is 10.3. The van der Waals surface area contributed by atoms with Crippen molar-refractivity contribution in [2.24, 2.45) is 7.05 Å². The number of nitrogens with zero attached hydrogens (tertiary/aromatic N) is 5. The molecule has 132 valence electrons. The second kappa shape index (κ2) is 6.75. The standard InChI is InChI=1S/C13H14BrClF3N5O/c1-4-23-8(7(15)5-19-23)6-21(2)12(24)10-9(14)11(13(16,17)18)22(3)20-10/h5H,4,6H2,1-3H3.